The van der Waals surface area contributed by atoms with Crippen LogP contribution in [-0.4, -0.2) is 22.5 Å². The summed E-state index contributed by atoms with van der Waals surface area (Å²) >= 11 is 0. The highest BCUT2D eigenvalue weighted by Crippen LogP contribution is 2.19. The third-order valence-electron chi connectivity index (χ3n) is 1.88. The van der Waals surface area contributed by atoms with Gasteiger partial charge in [-0.25, -0.2) is 4.98 Å². The van der Waals surface area contributed by atoms with Gasteiger partial charge in [-0.05, 0) is 19.4 Å². The molecular weight excluding hydrogens is 196 g/mol. The predicted octanol–water partition coefficient (Wildman–Crippen LogP) is 1.14. The molecule has 0 fully saturated rings. The normalized spacial score (nSPS) is 12.1. The third kappa shape index (κ3) is 3.51. The van der Waals surface area contributed by atoms with Crippen LogP contribution in [0.4, 0.5) is 11.5 Å². The van der Waals surface area contributed by atoms with Crippen molar-refractivity contribution in [1.29, 1.82) is 0 Å². The number of rotatable bonds is 5. The average molecular weight is 210 g/mol. The first kappa shape index (κ1) is 11.4. The molecule has 0 saturated heterocycles. The number of hydrogen-bond donors (Lipinski definition) is 2. The van der Waals surface area contributed by atoms with Crippen molar-refractivity contribution in [3.05, 3.63) is 28.4 Å². The summed E-state index contributed by atoms with van der Waals surface area (Å²) in [5, 5.41) is 13.5. The highest BCUT2D eigenvalue weighted by molar-refractivity contribution is 5.54. The molecule has 0 aliphatic rings. The first-order valence-corrected chi connectivity index (χ1v) is 4.70. The topological polar surface area (TPSA) is 94.1 Å². The monoisotopic (exact) mass is 210 g/mol. The smallest absolute Gasteiger partial charge is 0.311 e. The summed E-state index contributed by atoms with van der Waals surface area (Å²) in [6.45, 7) is 2.46. The largest absolute Gasteiger partial charge is 0.364 e. The highest BCUT2D eigenvalue weighted by Gasteiger charge is 2.12. The van der Waals surface area contributed by atoms with Crippen LogP contribution < -0.4 is 11.1 Å². The first-order chi connectivity index (χ1) is 7.11. The minimum atomic E-state index is -0.457. The van der Waals surface area contributed by atoms with Crippen molar-refractivity contribution < 1.29 is 4.92 Å². The standard InChI is InChI=1S/C9H14N4O2/c1-7(10)4-6-12-9-8(13(14)15)3-2-5-11-9/h2-3,5,7H,4,6,10H2,1H3,(H,11,12). The molecule has 1 atom stereocenters. The van der Waals surface area contributed by atoms with Gasteiger partial charge in [-0.3, -0.25) is 10.1 Å². The van der Waals surface area contributed by atoms with Gasteiger partial charge >= 0.3 is 5.69 Å². The Bertz CT molecular complexity index is 341. The Kier molecular flexibility index (Phi) is 3.99. The number of nitrogens with zero attached hydrogens (tertiary/aromatic N) is 2. The van der Waals surface area contributed by atoms with Crippen LogP contribution in [0.15, 0.2) is 18.3 Å². The fourth-order valence-electron chi connectivity index (χ4n) is 1.10. The van der Waals surface area contributed by atoms with Gasteiger partial charge in [-0.15, -0.1) is 0 Å². The van der Waals surface area contributed by atoms with E-state index in [0.717, 1.165) is 6.42 Å². The molecule has 1 aromatic rings. The van der Waals surface area contributed by atoms with Gasteiger partial charge in [0.2, 0.25) is 5.82 Å². The quantitative estimate of drug-likeness (QED) is 0.561. The summed E-state index contributed by atoms with van der Waals surface area (Å²) in [5.74, 6) is 0.295. The summed E-state index contributed by atoms with van der Waals surface area (Å²) < 4.78 is 0. The van der Waals surface area contributed by atoms with Crippen LogP contribution in [0.5, 0.6) is 0 Å². The lowest BCUT2D eigenvalue weighted by Gasteiger charge is -2.07. The van der Waals surface area contributed by atoms with Gasteiger partial charge in [-0.1, -0.05) is 0 Å². The van der Waals surface area contributed by atoms with Crippen LogP contribution in [-0.2, 0) is 0 Å². The fourth-order valence-corrected chi connectivity index (χ4v) is 1.10. The van der Waals surface area contributed by atoms with Crippen LogP contribution in [0.1, 0.15) is 13.3 Å². The molecule has 0 saturated carbocycles. The van der Waals surface area contributed by atoms with E-state index in [2.05, 4.69) is 10.3 Å². The Labute approximate surface area is 87.7 Å². The van der Waals surface area contributed by atoms with E-state index >= 15 is 0 Å². The van der Waals surface area contributed by atoms with Crippen LogP contribution in [0.3, 0.4) is 0 Å². The van der Waals surface area contributed by atoms with Crippen LogP contribution in [0, 0.1) is 10.1 Å². The van der Waals surface area contributed by atoms with E-state index in [9.17, 15) is 10.1 Å². The van der Waals surface area contributed by atoms with Gasteiger partial charge < -0.3 is 11.1 Å². The Balaban J connectivity index is 2.63. The summed E-state index contributed by atoms with van der Waals surface area (Å²) in [6, 6.07) is 3.02. The molecule has 0 bridgehead atoms. The zero-order chi connectivity index (χ0) is 11.3. The van der Waals surface area contributed by atoms with Crippen molar-refractivity contribution in [2.75, 3.05) is 11.9 Å². The van der Waals surface area contributed by atoms with Crippen LogP contribution >= 0.6 is 0 Å². The number of anilines is 1. The number of pyridine rings is 1. The summed E-state index contributed by atoms with van der Waals surface area (Å²) in [7, 11) is 0. The van der Waals surface area contributed by atoms with Crippen molar-refractivity contribution in [1.82, 2.24) is 4.98 Å². The molecule has 1 unspecified atom stereocenters. The molecule has 0 aliphatic heterocycles. The van der Waals surface area contributed by atoms with Crippen molar-refractivity contribution in [2.45, 2.75) is 19.4 Å². The lowest BCUT2D eigenvalue weighted by atomic mass is 10.2. The van der Waals surface area contributed by atoms with Gasteiger partial charge in [0.25, 0.3) is 0 Å². The van der Waals surface area contributed by atoms with E-state index in [1.54, 1.807) is 0 Å². The summed E-state index contributed by atoms with van der Waals surface area (Å²) in [4.78, 5) is 14.1. The predicted molar refractivity (Wildman–Crippen MR) is 57.6 cm³/mol. The van der Waals surface area contributed by atoms with Gasteiger partial charge in [0.05, 0.1) is 4.92 Å². The molecule has 6 nitrogen and oxygen atoms in total. The molecule has 15 heavy (non-hydrogen) atoms. The van der Waals surface area contributed by atoms with E-state index in [1.165, 1.54) is 18.3 Å². The molecule has 1 rings (SSSR count). The second kappa shape index (κ2) is 5.26. The molecule has 0 aromatic carbocycles. The molecule has 0 aliphatic carbocycles. The van der Waals surface area contributed by atoms with E-state index < -0.39 is 4.92 Å². The van der Waals surface area contributed by atoms with Gasteiger partial charge in [0.15, 0.2) is 0 Å². The Morgan fingerprint density at radius 2 is 2.47 bits per heavy atom. The fraction of sp³-hybridized carbons (Fsp3) is 0.444. The SMILES string of the molecule is CC(N)CCNc1ncccc1[N+](=O)[O-]. The molecule has 0 radical (unpaired) electrons. The molecule has 3 N–H and O–H groups in total. The lowest BCUT2D eigenvalue weighted by molar-refractivity contribution is -0.384. The minimum Gasteiger partial charge on any atom is -0.364 e. The molecular formula is C9H14N4O2. The van der Waals surface area contributed by atoms with Crippen LogP contribution in [0.2, 0.25) is 0 Å². The van der Waals surface area contributed by atoms with Crippen LogP contribution in [0.25, 0.3) is 0 Å². The van der Waals surface area contributed by atoms with Crippen molar-refractivity contribution >= 4 is 11.5 Å². The van der Waals surface area contributed by atoms with E-state index in [0.29, 0.717) is 12.4 Å². The van der Waals surface area contributed by atoms with Gasteiger partial charge in [0.1, 0.15) is 0 Å². The number of nitrogens with two attached hydrogens (primary N) is 1. The molecule has 1 heterocycles. The Morgan fingerprint density at radius 3 is 3.07 bits per heavy atom. The summed E-state index contributed by atoms with van der Waals surface area (Å²) in [6.07, 6.45) is 2.26. The molecule has 1 aromatic heterocycles. The average Bonchev–Trinajstić information content (AvgIpc) is 2.17. The first-order valence-electron chi connectivity index (χ1n) is 4.70. The molecule has 6 heteroatoms. The highest BCUT2D eigenvalue weighted by atomic mass is 16.6. The van der Waals surface area contributed by atoms with E-state index in [1.807, 2.05) is 6.92 Å². The van der Waals surface area contributed by atoms with E-state index in [-0.39, 0.29) is 11.7 Å². The lowest BCUT2D eigenvalue weighted by Crippen LogP contribution is -2.19. The molecule has 0 amide bonds. The third-order valence-corrected chi connectivity index (χ3v) is 1.88. The van der Waals surface area contributed by atoms with Gasteiger partial charge in [0, 0.05) is 24.8 Å². The van der Waals surface area contributed by atoms with Crippen molar-refractivity contribution in [2.24, 2.45) is 5.73 Å². The second-order valence-electron chi connectivity index (χ2n) is 3.32. The minimum absolute atomic E-state index is 0.0119. The van der Waals surface area contributed by atoms with Crippen molar-refractivity contribution in [3.63, 3.8) is 0 Å². The number of aromatic nitrogens is 1. The second-order valence-corrected chi connectivity index (χ2v) is 3.32. The van der Waals surface area contributed by atoms with Gasteiger partial charge in [-0.2, -0.15) is 0 Å². The summed E-state index contributed by atoms with van der Waals surface area (Å²) in [5.41, 5.74) is 5.55. The number of nitrogens with one attached hydrogen (secondary N) is 1. The zero-order valence-corrected chi connectivity index (χ0v) is 8.51. The zero-order valence-electron chi connectivity index (χ0n) is 8.51. The Morgan fingerprint density at radius 1 is 1.73 bits per heavy atom. The van der Waals surface area contributed by atoms with Crippen molar-refractivity contribution in [3.8, 4) is 0 Å². The maximum Gasteiger partial charge on any atom is 0.311 e. The molecule has 0 spiro atoms. The molecule has 82 valence electrons. The number of hydrogen-bond acceptors (Lipinski definition) is 5. The maximum absolute atomic E-state index is 10.6. The Hall–Kier alpha value is -1.69. The number of nitro groups is 1. The van der Waals surface area contributed by atoms with E-state index in [4.69, 9.17) is 5.73 Å². The maximum atomic E-state index is 10.6.